The van der Waals surface area contributed by atoms with Gasteiger partial charge in [0.25, 0.3) is 0 Å². The van der Waals surface area contributed by atoms with Gasteiger partial charge in [0.05, 0.1) is 6.61 Å². The number of para-hydroxylation sites is 2. The molecule has 0 N–H and O–H groups in total. The van der Waals surface area contributed by atoms with Crippen LogP contribution in [0.4, 0.5) is 0 Å². The fraction of sp³-hybridized carbons (Fsp3) is 0.667. The Kier molecular flexibility index (Phi) is 21.8. The monoisotopic (exact) mass is 570 g/mol. The molecule has 4 heteroatoms. The minimum Gasteiger partial charge on any atom is -0.418 e. The summed E-state index contributed by atoms with van der Waals surface area (Å²) in [5.74, 6) is 2.43. The van der Waals surface area contributed by atoms with Gasteiger partial charge in [0.1, 0.15) is 11.5 Å². The van der Waals surface area contributed by atoms with Crippen LogP contribution in [0.5, 0.6) is 11.5 Å². The average Bonchev–Trinajstić information content (AvgIpc) is 2.96. The predicted molar refractivity (Wildman–Crippen MR) is 174 cm³/mol. The Bertz CT molecular complexity index is 742. The zero-order chi connectivity index (χ0) is 28.4. The summed E-state index contributed by atoms with van der Waals surface area (Å²) in [6, 6.07) is 19.6. The van der Waals surface area contributed by atoms with Gasteiger partial charge >= 0.3 is 8.60 Å². The molecule has 0 fully saturated rings. The standard InChI is InChI=1S/C36H59O3P/c1-34(2)28-22-18-16-14-12-10-8-6-4-3-5-7-9-11-13-15-17-19-27-33-37-40(38-35-29-23-20-24-30-35)39-36-31-25-21-26-32-36/h20-21,23-26,29-32,34H,3-19,22,27-28,33H2,1-2H3. The molecule has 0 aromatic heterocycles. The number of hydrogen-bond acceptors (Lipinski definition) is 3. The molecular weight excluding hydrogens is 511 g/mol. The lowest BCUT2D eigenvalue weighted by Crippen LogP contribution is -2.01. The Labute approximate surface area is 248 Å². The van der Waals surface area contributed by atoms with E-state index in [-0.39, 0.29) is 0 Å². The fourth-order valence-corrected chi connectivity index (χ4v) is 6.01. The lowest BCUT2D eigenvalue weighted by atomic mass is 10.0. The van der Waals surface area contributed by atoms with Gasteiger partial charge in [-0.25, -0.2) is 0 Å². The highest BCUT2D eigenvalue weighted by Gasteiger charge is 2.17. The van der Waals surface area contributed by atoms with Gasteiger partial charge in [0.15, 0.2) is 0 Å². The lowest BCUT2D eigenvalue weighted by Gasteiger charge is -2.17. The maximum Gasteiger partial charge on any atom is 0.463 e. The van der Waals surface area contributed by atoms with E-state index in [1.54, 1.807) is 0 Å². The normalized spacial score (nSPS) is 11.4. The molecule has 0 radical (unpaired) electrons. The summed E-state index contributed by atoms with van der Waals surface area (Å²) >= 11 is 0. The van der Waals surface area contributed by atoms with E-state index in [9.17, 15) is 0 Å². The van der Waals surface area contributed by atoms with Gasteiger partial charge in [-0.1, -0.05) is 172 Å². The van der Waals surface area contributed by atoms with Crippen LogP contribution in [-0.4, -0.2) is 6.61 Å². The van der Waals surface area contributed by atoms with Crippen LogP contribution in [0.3, 0.4) is 0 Å². The summed E-state index contributed by atoms with van der Waals surface area (Å²) in [7, 11) is -1.46. The first-order valence-corrected chi connectivity index (χ1v) is 17.7. The predicted octanol–water partition coefficient (Wildman–Crippen LogP) is 12.8. The molecule has 0 spiro atoms. The van der Waals surface area contributed by atoms with E-state index in [2.05, 4.69) is 13.8 Å². The van der Waals surface area contributed by atoms with Crippen molar-refractivity contribution in [1.29, 1.82) is 0 Å². The average molecular weight is 571 g/mol. The molecule has 3 nitrogen and oxygen atoms in total. The van der Waals surface area contributed by atoms with Gasteiger partial charge < -0.3 is 9.05 Å². The van der Waals surface area contributed by atoms with Crippen LogP contribution in [0.15, 0.2) is 60.7 Å². The maximum atomic E-state index is 6.01. The van der Waals surface area contributed by atoms with Gasteiger partial charge in [-0.15, -0.1) is 0 Å². The molecular formula is C36H59O3P. The molecule has 0 saturated heterocycles. The van der Waals surface area contributed by atoms with Crippen LogP contribution in [0.1, 0.15) is 142 Å². The van der Waals surface area contributed by atoms with Crippen molar-refractivity contribution < 1.29 is 13.6 Å². The first kappa shape index (κ1) is 34.6. The Balaban J connectivity index is 1.34. The second-order valence-electron chi connectivity index (χ2n) is 11.8. The van der Waals surface area contributed by atoms with Gasteiger partial charge in [-0.2, -0.15) is 0 Å². The van der Waals surface area contributed by atoms with Crippen molar-refractivity contribution in [3.63, 3.8) is 0 Å². The first-order valence-electron chi connectivity index (χ1n) is 16.6. The van der Waals surface area contributed by atoms with E-state index in [1.807, 2.05) is 60.7 Å². The third kappa shape index (κ3) is 20.3. The third-order valence-electron chi connectivity index (χ3n) is 7.47. The van der Waals surface area contributed by atoms with Gasteiger partial charge in [0, 0.05) is 0 Å². The minimum atomic E-state index is -1.46. The molecule has 0 bridgehead atoms. The van der Waals surface area contributed by atoms with Crippen molar-refractivity contribution in [2.45, 2.75) is 142 Å². The first-order chi connectivity index (χ1) is 19.7. The van der Waals surface area contributed by atoms with Crippen molar-refractivity contribution in [1.82, 2.24) is 0 Å². The van der Waals surface area contributed by atoms with E-state index in [4.69, 9.17) is 13.6 Å². The second-order valence-corrected chi connectivity index (χ2v) is 12.8. The molecule has 0 aliphatic carbocycles. The summed E-state index contributed by atoms with van der Waals surface area (Å²) in [4.78, 5) is 0. The highest BCUT2D eigenvalue weighted by Crippen LogP contribution is 2.41. The van der Waals surface area contributed by atoms with E-state index in [0.29, 0.717) is 6.61 Å². The quantitative estimate of drug-likeness (QED) is 0.0789. The molecule has 40 heavy (non-hydrogen) atoms. The summed E-state index contributed by atoms with van der Waals surface area (Å²) in [5, 5.41) is 0. The molecule has 0 amide bonds. The molecule has 0 aliphatic heterocycles. The maximum absolute atomic E-state index is 6.01. The van der Waals surface area contributed by atoms with E-state index >= 15 is 0 Å². The number of hydrogen-bond donors (Lipinski definition) is 0. The van der Waals surface area contributed by atoms with Gasteiger partial charge in [0.2, 0.25) is 0 Å². The SMILES string of the molecule is CC(C)CCCCCCCCCCCCCCCCCCCCCOP(Oc1ccccc1)Oc1ccccc1. The number of benzene rings is 2. The summed E-state index contributed by atoms with van der Waals surface area (Å²) in [5.41, 5.74) is 0. The van der Waals surface area contributed by atoms with E-state index < -0.39 is 8.60 Å². The highest BCUT2D eigenvalue weighted by molar-refractivity contribution is 7.42. The van der Waals surface area contributed by atoms with E-state index in [0.717, 1.165) is 23.8 Å². The Hall–Kier alpha value is -1.57. The van der Waals surface area contributed by atoms with Crippen LogP contribution in [0.2, 0.25) is 0 Å². The number of unbranched alkanes of at least 4 members (excludes halogenated alkanes) is 18. The fourth-order valence-electron chi connectivity index (χ4n) is 5.01. The van der Waals surface area contributed by atoms with Crippen LogP contribution in [0.25, 0.3) is 0 Å². The molecule has 2 rings (SSSR count). The Morgan fingerprint density at radius 1 is 0.450 bits per heavy atom. The zero-order valence-corrected chi connectivity index (χ0v) is 26.8. The molecule has 0 unspecified atom stereocenters. The van der Waals surface area contributed by atoms with Crippen LogP contribution < -0.4 is 9.05 Å². The zero-order valence-electron chi connectivity index (χ0n) is 25.9. The molecule has 0 saturated carbocycles. The van der Waals surface area contributed by atoms with Crippen molar-refractivity contribution >= 4 is 8.60 Å². The van der Waals surface area contributed by atoms with Gasteiger partial charge in [-0.05, 0) is 36.6 Å². The molecule has 2 aromatic carbocycles. The minimum absolute atomic E-state index is 0.670. The lowest BCUT2D eigenvalue weighted by molar-refractivity contribution is 0.258. The van der Waals surface area contributed by atoms with Crippen molar-refractivity contribution in [2.75, 3.05) is 6.61 Å². The Morgan fingerprint density at radius 2 is 0.775 bits per heavy atom. The summed E-state index contributed by atoms with van der Waals surface area (Å²) in [6.45, 7) is 5.35. The molecule has 226 valence electrons. The topological polar surface area (TPSA) is 27.7 Å². The third-order valence-corrected chi connectivity index (χ3v) is 8.58. The molecule has 0 heterocycles. The second kappa shape index (κ2) is 25.2. The number of rotatable bonds is 27. The molecule has 0 atom stereocenters. The van der Waals surface area contributed by atoms with E-state index in [1.165, 1.54) is 122 Å². The van der Waals surface area contributed by atoms with Crippen LogP contribution in [-0.2, 0) is 4.52 Å². The highest BCUT2D eigenvalue weighted by atomic mass is 31.2. The Morgan fingerprint density at radius 3 is 1.12 bits per heavy atom. The largest absolute Gasteiger partial charge is 0.463 e. The van der Waals surface area contributed by atoms with Crippen molar-refractivity contribution in [2.24, 2.45) is 5.92 Å². The van der Waals surface area contributed by atoms with Gasteiger partial charge in [-0.3, -0.25) is 4.52 Å². The molecule has 2 aromatic rings. The van der Waals surface area contributed by atoms with Crippen LogP contribution in [0, 0.1) is 5.92 Å². The van der Waals surface area contributed by atoms with Crippen molar-refractivity contribution in [3.05, 3.63) is 60.7 Å². The summed E-state index contributed by atoms with van der Waals surface area (Å²) < 4.78 is 18.0. The van der Waals surface area contributed by atoms with Crippen LogP contribution >= 0.6 is 8.60 Å². The summed E-state index contributed by atoms with van der Waals surface area (Å²) in [6.07, 6.45) is 27.9. The smallest absolute Gasteiger partial charge is 0.418 e. The van der Waals surface area contributed by atoms with Crippen molar-refractivity contribution in [3.8, 4) is 11.5 Å². The molecule has 0 aliphatic rings.